The van der Waals surface area contributed by atoms with Crippen LogP contribution in [0, 0.1) is 13.8 Å². The van der Waals surface area contributed by atoms with Gasteiger partial charge in [0.25, 0.3) is 0 Å². The Bertz CT molecular complexity index is 540. The van der Waals surface area contributed by atoms with Crippen molar-refractivity contribution < 1.29 is 4.42 Å². The number of hydrogen-bond donors (Lipinski definition) is 1. The molecule has 2 rings (SSSR count). The second-order valence-electron chi connectivity index (χ2n) is 4.76. The average molecular weight is 326 g/mol. The molecule has 4 nitrogen and oxygen atoms in total. The Kier molecular flexibility index (Phi) is 4.47. The van der Waals surface area contributed by atoms with Gasteiger partial charge in [-0.2, -0.15) is 5.10 Å². The lowest BCUT2D eigenvalue weighted by atomic mass is 10.0. The van der Waals surface area contributed by atoms with Crippen molar-refractivity contribution >= 4 is 15.9 Å². The molecule has 0 aromatic carbocycles. The maximum absolute atomic E-state index is 5.67. The van der Waals surface area contributed by atoms with Crippen molar-refractivity contribution in [2.75, 3.05) is 6.54 Å². The maximum Gasteiger partial charge on any atom is 0.106 e. The zero-order valence-corrected chi connectivity index (χ0v) is 13.4. The molecule has 19 heavy (non-hydrogen) atoms. The highest BCUT2D eigenvalue weighted by molar-refractivity contribution is 9.10. The van der Waals surface area contributed by atoms with Crippen molar-refractivity contribution in [1.29, 1.82) is 0 Å². The zero-order chi connectivity index (χ0) is 14.0. The standard InChI is InChI=1S/C14H20BrN3O/c1-5-6-16-13(11-7-9(2)19-10(11)3)14-12(15)8-17-18(14)4/h7-8,13,16H,5-6H2,1-4H3. The predicted molar refractivity (Wildman–Crippen MR) is 79.2 cm³/mol. The summed E-state index contributed by atoms with van der Waals surface area (Å²) in [5.74, 6) is 1.90. The maximum atomic E-state index is 5.67. The first-order valence-electron chi connectivity index (χ1n) is 6.52. The molecule has 5 heteroatoms. The number of aromatic nitrogens is 2. The van der Waals surface area contributed by atoms with Crippen molar-refractivity contribution in [3.63, 3.8) is 0 Å². The van der Waals surface area contributed by atoms with Crippen molar-refractivity contribution in [2.45, 2.75) is 33.2 Å². The first-order valence-corrected chi connectivity index (χ1v) is 7.31. The molecular formula is C14H20BrN3O. The van der Waals surface area contributed by atoms with Crippen LogP contribution in [0.2, 0.25) is 0 Å². The third kappa shape index (κ3) is 2.92. The molecule has 1 atom stereocenters. The third-order valence-electron chi connectivity index (χ3n) is 3.20. The minimum Gasteiger partial charge on any atom is -0.466 e. The lowest BCUT2D eigenvalue weighted by molar-refractivity contribution is 0.488. The molecule has 1 unspecified atom stereocenters. The molecule has 0 saturated carbocycles. The summed E-state index contributed by atoms with van der Waals surface area (Å²) in [6.45, 7) is 7.10. The van der Waals surface area contributed by atoms with Crippen LogP contribution in [0.5, 0.6) is 0 Å². The van der Waals surface area contributed by atoms with Gasteiger partial charge >= 0.3 is 0 Å². The lowest BCUT2D eigenvalue weighted by Crippen LogP contribution is -2.25. The molecule has 0 aliphatic heterocycles. The van der Waals surface area contributed by atoms with E-state index < -0.39 is 0 Å². The topological polar surface area (TPSA) is 43.0 Å². The number of nitrogens with one attached hydrogen (secondary N) is 1. The number of hydrogen-bond acceptors (Lipinski definition) is 3. The largest absolute Gasteiger partial charge is 0.466 e. The zero-order valence-electron chi connectivity index (χ0n) is 11.8. The quantitative estimate of drug-likeness (QED) is 0.915. The van der Waals surface area contributed by atoms with E-state index in [2.05, 4.69) is 39.3 Å². The Morgan fingerprint density at radius 2 is 2.21 bits per heavy atom. The van der Waals surface area contributed by atoms with E-state index in [1.807, 2.05) is 31.8 Å². The molecule has 0 spiro atoms. The van der Waals surface area contributed by atoms with E-state index in [0.29, 0.717) is 0 Å². The first-order chi connectivity index (χ1) is 9.04. The van der Waals surface area contributed by atoms with Gasteiger partial charge in [0.05, 0.1) is 22.4 Å². The van der Waals surface area contributed by atoms with Crippen molar-refractivity contribution in [3.05, 3.63) is 39.5 Å². The third-order valence-corrected chi connectivity index (χ3v) is 3.81. The minimum absolute atomic E-state index is 0.0966. The Morgan fingerprint density at radius 3 is 2.68 bits per heavy atom. The Hall–Kier alpha value is -1.07. The van der Waals surface area contributed by atoms with E-state index in [9.17, 15) is 0 Å². The normalized spacial score (nSPS) is 12.9. The van der Waals surface area contributed by atoms with Gasteiger partial charge in [-0.15, -0.1) is 0 Å². The molecule has 104 valence electrons. The number of furan rings is 1. The van der Waals surface area contributed by atoms with Gasteiger partial charge in [0.1, 0.15) is 11.5 Å². The van der Waals surface area contributed by atoms with E-state index in [1.54, 1.807) is 0 Å². The van der Waals surface area contributed by atoms with Crippen LogP contribution in [0.1, 0.15) is 42.2 Å². The van der Waals surface area contributed by atoms with Crippen LogP contribution in [-0.4, -0.2) is 16.3 Å². The fourth-order valence-corrected chi connectivity index (χ4v) is 2.90. The smallest absolute Gasteiger partial charge is 0.106 e. The summed E-state index contributed by atoms with van der Waals surface area (Å²) in [4.78, 5) is 0. The summed E-state index contributed by atoms with van der Waals surface area (Å²) in [7, 11) is 1.96. The molecule has 0 bridgehead atoms. The van der Waals surface area contributed by atoms with E-state index in [0.717, 1.165) is 34.7 Å². The van der Waals surface area contributed by atoms with Gasteiger partial charge in [-0.05, 0) is 48.8 Å². The monoisotopic (exact) mass is 325 g/mol. The Morgan fingerprint density at radius 1 is 1.47 bits per heavy atom. The van der Waals surface area contributed by atoms with Crippen molar-refractivity contribution in [1.82, 2.24) is 15.1 Å². The summed E-state index contributed by atoms with van der Waals surface area (Å²) in [6, 6.07) is 2.20. The molecule has 0 aliphatic rings. The van der Waals surface area contributed by atoms with E-state index in [4.69, 9.17) is 4.42 Å². The van der Waals surface area contributed by atoms with Crippen molar-refractivity contribution in [2.24, 2.45) is 7.05 Å². The van der Waals surface area contributed by atoms with Gasteiger partial charge in [0.15, 0.2) is 0 Å². The first kappa shape index (κ1) is 14.3. The van der Waals surface area contributed by atoms with Crippen LogP contribution >= 0.6 is 15.9 Å². The summed E-state index contributed by atoms with van der Waals surface area (Å²) in [5.41, 5.74) is 2.30. The molecule has 1 N–H and O–H groups in total. The van der Waals surface area contributed by atoms with Crippen LogP contribution in [0.3, 0.4) is 0 Å². The molecule has 0 aliphatic carbocycles. The number of nitrogens with zero attached hydrogens (tertiary/aromatic N) is 2. The summed E-state index contributed by atoms with van der Waals surface area (Å²) in [6.07, 6.45) is 2.92. The van der Waals surface area contributed by atoms with Gasteiger partial charge in [-0.25, -0.2) is 0 Å². The van der Waals surface area contributed by atoms with Gasteiger partial charge in [0, 0.05) is 12.6 Å². The second kappa shape index (κ2) is 5.92. The minimum atomic E-state index is 0.0966. The summed E-state index contributed by atoms with van der Waals surface area (Å²) in [5, 5.41) is 7.88. The van der Waals surface area contributed by atoms with Gasteiger partial charge < -0.3 is 9.73 Å². The lowest BCUT2D eigenvalue weighted by Gasteiger charge is -2.19. The molecule has 2 heterocycles. The molecule has 0 saturated heterocycles. The molecular weight excluding hydrogens is 306 g/mol. The van der Waals surface area contributed by atoms with Gasteiger partial charge in [-0.3, -0.25) is 4.68 Å². The Labute approximate surface area is 122 Å². The predicted octanol–water partition coefficient (Wildman–Crippen LogP) is 3.48. The molecule has 2 aromatic rings. The molecule has 0 fully saturated rings. The molecule has 0 radical (unpaired) electrons. The van der Waals surface area contributed by atoms with Crippen LogP contribution in [0.15, 0.2) is 21.2 Å². The van der Waals surface area contributed by atoms with Crippen LogP contribution < -0.4 is 5.32 Å². The van der Waals surface area contributed by atoms with E-state index >= 15 is 0 Å². The average Bonchev–Trinajstić information content (AvgIpc) is 2.85. The SMILES string of the molecule is CCCNC(c1cc(C)oc1C)c1c(Br)cnn1C. The van der Waals surface area contributed by atoms with Crippen LogP contribution in [-0.2, 0) is 7.05 Å². The van der Waals surface area contributed by atoms with Gasteiger partial charge in [0.2, 0.25) is 0 Å². The van der Waals surface area contributed by atoms with Crippen LogP contribution in [0.4, 0.5) is 0 Å². The number of aryl methyl sites for hydroxylation is 3. The summed E-state index contributed by atoms with van der Waals surface area (Å²) >= 11 is 3.58. The fourth-order valence-electron chi connectivity index (χ4n) is 2.32. The number of halogens is 1. The Balaban J connectivity index is 2.44. The highest BCUT2D eigenvalue weighted by Gasteiger charge is 2.23. The van der Waals surface area contributed by atoms with Crippen molar-refractivity contribution in [3.8, 4) is 0 Å². The fraction of sp³-hybridized carbons (Fsp3) is 0.500. The molecule has 2 aromatic heterocycles. The van der Waals surface area contributed by atoms with E-state index in [1.165, 1.54) is 5.56 Å². The summed E-state index contributed by atoms with van der Waals surface area (Å²) < 4.78 is 8.59. The van der Waals surface area contributed by atoms with Gasteiger partial charge in [-0.1, -0.05) is 6.92 Å². The highest BCUT2D eigenvalue weighted by atomic mass is 79.9. The van der Waals surface area contributed by atoms with Crippen LogP contribution in [0.25, 0.3) is 0 Å². The molecule has 0 amide bonds. The highest BCUT2D eigenvalue weighted by Crippen LogP contribution is 2.31. The second-order valence-corrected chi connectivity index (χ2v) is 5.61. The number of rotatable bonds is 5. The van der Waals surface area contributed by atoms with E-state index in [-0.39, 0.29) is 6.04 Å².